The highest BCUT2D eigenvalue weighted by atomic mass is 31.2. The number of nitrogens with zero attached hydrogens (tertiary/aromatic N) is 1. The van der Waals surface area contributed by atoms with Gasteiger partial charge in [0.25, 0.3) is 5.91 Å². The summed E-state index contributed by atoms with van der Waals surface area (Å²) in [5, 5.41) is 2.44. The molecule has 1 fully saturated rings. The van der Waals surface area contributed by atoms with E-state index in [-0.39, 0.29) is 6.54 Å². The fourth-order valence-electron chi connectivity index (χ4n) is 1.75. The van der Waals surface area contributed by atoms with Crippen molar-refractivity contribution < 1.29 is 18.9 Å². The van der Waals surface area contributed by atoms with Crippen LogP contribution in [0.5, 0.6) is 0 Å². The Kier molecular flexibility index (Phi) is 4.60. The molecule has 0 unspecified atom stereocenters. The normalized spacial score (nSPS) is 21.2. The fraction of sp³-hybridized carbons (Fsp3) is 0.800. The lowest BCUT2D eigenvalue weighted by molar-refractivity contribution is -0.130. The highest BCUT2D eigenvalue weighted by Gasteiger charge is 2.37. The van der Waals surface area contributed by atoms with E-state index in [9.17, 15) is 14.2 Å². The maximum Gasteiger partial charge on any atom is 0.408 e. The lowest BCUT2D eigenvalue weighted by atomic mass is 10.1. The van der Waals surface area contributed by atoms with Crippen LogP contribution in [0, 0.1) is 0 Å². The number of ether oxygens (including phenoxy) is 1. The average Bonchev–Trinajstić information content (AvgIpc) is 2.16. The van der Waals surface area contributed by atoms with Crippen LogP contribution in [-0.2, 0) is 14.1 Å². The van der Waals surface area contributed by atoms with Gasteiger partial charge in [0.2, 0.25) is 0 Å². The second-order valence-electron chi connectivity index (χ2n) is 5.47. The second-order valence-corrected chi connectivity index (χ2v) is 7.30. The van der Waals surface area contributed by atoms with E-state index in [4.69, 9.17) is 15.7 Å². The van der Waals surface area contributed by atoms with Gasteiger partial charge in [0.15, 0.2) is 0 Å². The van der Waals surface area contributed by atoms with E-state index in [0.717, 1.165) is 4.67 Å². The van der Waals surface area contributed by atoms with Crippen molar-refractivity contribution in [1.82, 2.24) is 9.99 Å². The Balaban J connectivity index is 2.67. The summed E-state index contributed by atoms with van der Waals surface area (Å²) >= 11 is 0. The minimum Gasteiger partial charge on any atom is -0.444 e. The van der Waals surface area contributed by atoms with Crippen LogP contribution in [0.4, 0.5) is 4.79 Å². The summed E-state index contributed by atoms with van der Waals surface area (Å²) in [6.45, 7) is 5.39. The van der Waals surface area contributed by atoms with Crippen LogP contribution in [0.2, 0.25) is 0 Å². The van der Waals surface area contributed by atoms with Crippen molar-refractivity contribution in [1.29, 1.82) is 0 Å². The molecule has 5 N–H and O–H groups in total. The van der Waals surface area contributed by atoms with Gasteiger partial charge in [0, 0.05) is 6.54 Å². The van der Waals surface area contributed by atoms with Crippen LogP contribution in [0.1, 0.15) is 33.6 Å². The summed E-state index contributed by atoms with van der Waals surface area (Å²) in [5.41, 5.74) is 9.93. The van der Waals surface area contributed by atoms with E-state index < -0.39 is 31.2 Å². The smallest absolute Gasteiger partial charge is 0.408 e. The molecule has 110 valence electrons. The van der Waals surface area contributed by atoms with Gasteiger partial charge >= 0.3 is 13.7 Å². The lowest BCUT2D eigenvalue weighted by Gasteiger charge is -2.34. The molecule has 0 saturated carbocycles. The molecular weight excluding hydrogens is 271 g/mol. The molecule has 1 heterocycles. The number of hydrogen-bond acceptors (Lipinski definition) is 4. The number of carbonyl (C=O) groups is 2. The van der Waals surface area contributed by atoms with Crippen molar-refractivity contribution in [2.45, 2.75) is 45.3 Å². The molecule has 0 aromatic heterocycles. The Bertz CT molecular complexity index is 414. The quantitative estimate of drug-likeness (QED) is 0.637. The van der Waals surface area contributed by atoms with Crippen molar-refractivity contribution in [3.05, 3.63) is 0 Å². The van der Waals surface area contributed by atoms with Gasteiger partial charge < -0.3 is 10.1 Å². The fourth-order valence-corrected chi connectivity index (χ4v) is 2.65. The number of nitrogens with two attached hydrogens (primary N) is 2. The molecule has 0 bridgehead atoms. The van der Waals surface area contributed by atoms with Crippen LogP contribution in [-0.4, -0.2) is 34.9 Å². The zero-order chi connectivity index (χ0) is 14.8. The molecule has 1 aliphatic rings. The van der Waals surface area contributed by atoms with E-state index in [0.29, 0.717) is 12.8 Å². The van der Waals surface area contributed by atoms with Gasteiger partial charge in [-0.3, -0.25) is 25.0 Å². The third-order valence-corrected chi connectivity index (χ3v) is 3.64. The third kappa shape index (κ3) is 4.81. The van der Waals surface area contributed by atoms with E-state index in [1.807, 2.05) is 0 Å². The summed E-state index contributed by atoms with van der Waals surface area (Å²) in [5.74, 6) is -0.537. The van der Waals surface area contributed by atoms with E-state index in [2.05, 4.69) is 5.32 Å². The molecule has 1 saturated heterocycles. The highest BCUT2D eigenvalue weighted by Crippen LogP contribution is 2.35. The van der Waals surface area contributed by atoms with Gasteiger partial charge in [-0.05, 0) is 33.6 Å². The Morgan fingerprint density at radius 1 is 1.47 bits per heavy atom. The SMILES string of the molecule is CC(C)(C)OC(=O)N[C@H]1CCCN(P(N)(N)=O)C1=O. The topological polar surface area (TPSA) is 128 Å². The average molecular weight is 292 g/mol. The molecule has 0 spiro atoms. The van der Waals surface area contributed by atoms with Gasteiger partial charge in [-0.25, -0.2) is 4.79 Å². The van der Waals surface area contributed by atoms with Crippen molar-refractivity contribution in [2.24, 2.45) is 11.0 Å². The van der Waals surface area contributed by atoms with Gasteiger partial charge in [0.05, 0.1) is 0 Å². The first-order valence-electron chi connectivity index (χ1n) is 5.99. The first-order valence-corrected chi connectivity index (χ1v) is 7.79. The van der Waals surface area contributed by atoms with Gasteiger partial charge in [-0.1, -0.05) is 0 Å². The molecule has 9 heteroatoms. The van der Waals surface area contributed by atoms with Crippen LogP contribution in [0.25, 0.3) is 0 Å². The Hall–Kier alpha value is -1.11. The molecular formula is C10H21N4O4P. The molecule has 2 amide bonds. The number of carbonyl (C=O) groups excluding carboxylic acids is 2. The van der Waals surface area contributed by atoms with Crippen LogP contribution >= 0.6 is 7.59 Å². The molecule has 1 atom stereocenters. The molecule has 0 aromatic carbocycles. The Labute approximate surface area is 112 Å². The summed E-state index contributed by atoms with van der Waals surface area (Å²) in [6.07, 6.45) is 0.302. The number of nitrogens with one attached hydrogen (secondary N) is 1. The summed E-state index contributed by atoms with van der Waals surface area (Å²) in [7, 11) is -3.63. The van der Waals surface area contributed by atoms with Gasteiger partial charge in [0.1, 0.15) is 11.6 Å². The molecule has 19 heavy (non-hydrogen) atoms. The van der Waals surface area contributed by atoms with E-state index >= 15 is 0 Å². The van der Waals surface area contributed by atoms with Gasteiger partial charge in [-0.15, -0.1) is 0 Å². The molecule has 8 nitrogen and oxygen atoms in total. The predicted octanol–water partition coefficient (Wildman–Crippen LogP) is 0.528. The van der Waals surface area contributed by atoms with Gasteiger partial charge in [-0.2, -0.15) is 0 Å². The lowest BCUT2D eigenvalue weighted by Crippen LogP contribution is -2.53. The minimum atomic E-state index is -3.63. The molecule has 0 aliphatic carbocycles. The highest BCUT2D eigenvalue weighted by molar-refractivity contribution is 7.57. The second kappa shape index (κ2) is 5.48. The Morgan fingerprint density at radius 2 is 2.05 bits per heavy atom. The molecule has 0 aromatic rings. The van der Waals surface area contributed by atoms with Crippen LogP contribution < -0.4 is 16.3 Å². The summed E-state index contributed by atoms with van der Waals surface area (Å²) in [4.78, 5) is 23.6. The van der Waals surface area contributed by atoms with Crippen molar-refractivity contribution >= 4 is 19.6 Å². The number of amides is 2. The zero-order valence-electron chi connectivity index (χ0n) is 11.4. The van der Waals surface area contributed by atoms with Crippen molar-refractivity contribution in [3.63, 3.8) is 0 Å². The zero-order valence-corrected chi connectivity index (χ0v) is 12.3. The summed E-state index contributed by atoms with van der Waals surface area (Å²) < 4.78 is 17.5. The number of alkyl carbamates (subject to hydrolysis) is 1. The van der Waals surface area contributed by atoms with E-state index in [1.54, 1.807) is 20.8 Å². The number of piperidine rings is 1. The number of rotatable bonds is 2. The van der Waals surface area contributed by atoms with E-state index in [1.165, 1.54) is 0 Å². The molecule has 0 radical (unpaired) electrons. The molecule has 1 aliphatic heterocycles. The van der Waals surface area contributed by atoms with Crippen LogP contribution in [0.3, 0.4) is 0 Å². The first kappa shape index (κ1) is 15.9. The standard InChI is InChI=1S/C10H21N4O4P/c1-10(2,3)18-9(16)13-7-5-4-6-14(8(7)15)19(11,12)17/h7H,4-6H2,1-3H3,(H,13,16)(H4,11,12,17)/t7-/m0/s1. The Morgan fingerprint density at radius 3 is 2.53 bits per heavy atom. The van der Waals surface area contributed by atoms with Crippen LogP contribution in [0.15, 0.2) is 0 Å². The molecule has 1 rings (SSSR count). The third-order valence-electron chi connectivity index (χ3n) is 2.48. The minimum absolute atomic E-state index is 0.232. The van der Waals surface area contributed by atoms with Crippen molar-refractivity contribution in [2.75, 3.05) is 6.54 Å². The predicted molar refractivity (Wildman–Crippen MR) is 70.1 cm³/mol. The number of hydrogen-bond donors (Lipinski definition) is 3. The maximum absolute atomic E-state index is 12.0. The first-order chi connectivity index (χ1) is 8.50. The summed E-state index contributed by atoms with van der Waals surface area (Å²) in [6, 6.07) is -0.802. The van der Waals surface area contributed by atoms with Crippen molar-refractivity contribution in [3.8, 4) is 0 Å². The monoisotopic (exact) mass is 292 g/mol. The maximum atomic E-state index is 12.0. The largest absolute Gasteiger partial charge is 0.444 e.